The van der Waals surface area contributed by atoms with E-state index in [1.165, 1.54) is 19.3 Å². The number of hydrogen-bond acceptors (Lipinski definition) is 3. The Hall–Kier alpha value is -1.68. The van der Waals surface area contributed by atoms with Crippen molar-refractivity contribution in [3.8, 4) is 0 Å². The van der Waals surface area contributed by atoms with E-state index >= 15 is 0 Å². The average molecular weight is 341 g/mol. The number of esters is 1. The molecule has 2 heterocycles. The van der Waals surface area contributed by atoms with Crippen LogP contribution in [-0.4, -0.2) is 23.6 Å². The lowest BCUT2D eigenvalue weighted by Crippen LogP contribution is -2.84. The minimum Gasteiger partial charge on any atom is -0.461 e. The summed E-state index contributed by atoms with van der Waals surface area (Å²) in [5.41, 5.74) is 2.89. The maximum absolute atomic E-state index is 12.5. The maximum Gasteiger partial charge on any atom is 0.315 e. The number of nitrogens with zero attached hydrogens (tertiary/aromatic N) is 1. The summed E-state index contributed by atoms with van der Waals surface area (Å²) in [4.78, 5) is 16.8. The van der Waals surface area contributed by atoms with Crippen LogP contribution in [0.4, 0.5) is 0 Å². The number of fused-ring (bicyclic) bond motifs is 2. The van der Waals surface area contributed by atoms with E-state index in [-0.39, 0.29) is 29.3 Å². The van der Waals surface area contributed by atoms with Crippen molar-refractivity contribution >= 4 is 5.97 Å². The molecular weight excluding hydrogens is 312 g/mol. The van der Waals surface area contributed by atoms with Gasteiger partial charge in [-0.2, -0.15) is 0 Å². The topological polar surface area (TPSA) is 55.8 Å². The van der Waals surface area contributed by atoms with Crippen LogP contribution < -0.4 is 5.32 Å². The van der Waals surface area contributed by atoms with Gasteiger partial charge in [-0.05, 0) is 42.7 Å². The Morgan fingerprint density at radius 2 is 2.28 bits per heavy atom. The second-order valence-corrected chi connectivity index (χ2v) is 8.39. The number of ether oxygens (including phenoxy) is 1. The molecule has 1 saturated heterocycles. The highest BCUT2D eigenvalue weighted by Gasteiger charge is 2.52. The Morgan fingerprint density at radius 1 is 1.40 bits per heavy atom. The van der Waals surface area contributed by atoms with Crippen LogP contribution in [0.2, 0.25) is 0 Å². The summed E-state index contributed by atoms with van der Waals surface area (Å²) in [7, 11) is 0. The summed E-state index contributed by atoms with van der Waals surface area (Å²) in [6.45, 7) is 6.32. The molecule has 0 spiro atoms. The molecule has 3 aliphatic rings. The number of pyridine rings is 1. The second kappa shape index (κ2) is 6.56. The van der Waals surface area contributed by atoms with Gasteiger partial charge < -0.3 is 10.1 Å². The Morgan fingerprint density at radius 3 is 3.08 bits per heavy atom. The number of hydrogen-bond donors (Lipinski definition) is 1. The molecule has 0 unspecified atom stereocenters. The molecular formula is C21H29N2O2+. The fraction of sp³-hybridized carbons (Fsp3) is 0.619. The summed E-state index contributed by atoms with van der Waals surface area (Å²) in [6.07, 6.45) is 9.16. The molecule has 0 amide bonds. The Labute approximate surface area is 150 Å². The van der Waals surface area contributed by atoms with Crippen LogP contribution in [-0.2, 0) is 16.1 Å². The highest BCUT2D eigenvalue weighted by atomic mass is 16.6. The van der Waals surface area contributed by atoms with E-state index in [1.54, 1.807) is 5.57 Å². The summed E-state index contributed by atoms with van der Waals surface area (Å²) in [5, 5.41) is 2.20. The van der Waals surface area contributed by atoms with Gasteiger partial charge in [-0.1, -0.05) is 38.0 Å². The standard InChI is InChI=1S/C21H28N2O2/c1-14-6-5-8-21(2)11-19-16(10-18(14)21)17(20(24)25-19)13-22-12-15-7-3-4-9-23-15/h3-4,7,9-10,14,16-17,19,22H,5-6,8,11-13H2,1-2H3/p+1/t14-,16-,17+,19-,21-/m1/s1. The fourth-order valence-corrected chi connectivity index (χ4v) is 5.25. The summed E-state index contributed by atoms with van der Waals surface area (Å²) >= 11 is 0. The third-order valence-electron chi connectivity index (χ3n) is 6.58. The zero-order chi connectivity index (χ0) is 17.4. The molecule has 2 fully saturated rings. The molecule has 25 heavy (non-hydrogen) atoms. The van der Waals surface area contributed by atoms with Gasteiger partial charge in [-0.3, -0.25) is 9.78 Å². The van der Waals surface area contributed by atoms with Crippen molar-refractivity contribution in [2.45, 2.75) is 52.2 Å². The van der Waals surface area contributed by atoms with Crippen LogP contribution in [0.15, 0.2) is 36.0 Å². The van der Waals surface area contributed by atoms with Crippen molar-refractivity contribution in [2.75, 3.05) is 6.54 Å². The molecule has 1 saturated carbocycles. The quantitative estimate of drug-likeness (QED) is 0.676. The third-order valence-corrected chi connectivity index (χ3v) is 6.58. The van der Waals surface area contributed by atoms with Gasteiger partial charge in [0.25, 0.3) is 0 Å². The van der Waals surface area contributed by atoms with Crippen LogP contribution in [0.1, 0.15) is 45.2 Å². The van der Waals surface area contributed by atoms with Gasteiger partial charge in [0.15, 0.2) is 0 Å². The first kappa shape index (κ1) is 16.8. The van der Waals surface area contributed by atoms with Crippen LogP contribution >= 0.6 is 0 Å². The number of quaternary nitrogens is 1. The van der Waals surface area contributed by atoms with Gasteiger partial charge in [0.05, 0.1) is 12.2 Å². The normalized spacial score (nSPS) is 37.0. The van der Waals surface area contributed by atoms with Crippen molar-refractivity contribution in [3.05, 3.63) is 41.7 Å². The number of allylic oxidation sites excluding steroid dienone is 1. The molecule has 5 atom stereocenters. The van der Waals surface area contributed by atoms with E-state index in [2.05, 4.69) is 30.2 Å². The zero-order valence-electron chi connectivity index (χ0n) is 15.3. The molecule has 0 radical (unpaired) electrons. The number of nitrogens with two attached hydrogens (primary N) is 1. The number of rotatable bonds is 4. The molecule has 2 aliphatic carbocycles. The predicted octanol–water partition coefficient (Wildman–Crippen LogP) is 2.46. The lowest BCUT2D eigenvalue weighted by atomic mass is 9.59. The predicted molar refractivity (Wildman–Crippen MR) is 95.4 cm³/mol. The minimum absolute atomic E-state index is 0.000907. The molecule has 2 N–H and O–H groups in total. The van der Waals surface area contributed by atoms with E-state index in [0.717, 1.165) is 25.2 Å². The second-order valence-electron chi connectivity index (χ2n) is 8.39. The number of carbonyl (C=O) groups is 1. The van der Waals surface area contributed by atoms with Gasteiger partial charge >= 0.3 is 5.97 Å². The van der Waals surface area contributed by atoms with Crippen molar-refractivity contribution in [1.29, 1.82) is 0 Å². The number of carbonyl (C=O) groups excluding carboxylic acids is 1. The van der Waals surface area contributed by atoms with E-state index in [1.807, 2.05) is 24.4 Å². The van der Waals surface area contributed by atoms with Crippen LogP contribution in [0, 0.1) is 23.2 Å². The van der Waals surface area contributed by atoms with Crippen LogP contribution in [0.5, 0.6) is 0 Å². The molecule has 4 heteroatoms. The molecule has 0 bridgehead atoms. The van der Waals surface area contributed by atoms with Gasteiger partial charge in [-0.15, -0.1) is 0 Å². The first-order valence-corrected chi connectivity index (χ1v) is 9.71. The van der Waals surface area contributed by atoms with Crippen molar-refractivity contribution in [2.24, 2.45) is 23.2 Å². The average Bonchev–Trinajstić information content (AvgIpc) is 2.88. The van der Waals surface area contributed by atoms with E-state index < -0.39 is 0 Å². The molecule has 4 rings (SSSR count). The molecule has 4 nitrogen and oxygen atoms in total. The van der Waals surface area contributed by atoms with E-state index in [4.69, 9.17) is 4.74 Å². The summed E-state index contributed by atoms with van der Waals surface area (Å²) < 4.78 is 5.81. The summed E-state index contributed by atoms with van der Waals surface area (Å²) in [6, 6.07) is 5.97. The van der Waals surface area contributed by atoms with Gasteiger partial charge in [-0.25, -0.2) is 0 Å². The maximum atomic E-state index is 12.5. The number of aromatic nitrogens is 1. The monoisotopic (exact) mass is 341 g/mol. The lowest BCUT2D eigenvalue weighted by molar-refractivity contribution is -0.675. The Bertz CT molecular complexity index is 672. The van der Waals surface area contributed by atoms with Crippen LogP contribution in [0.25, 0.3) is 0 Å². The summed E-state index contributed by atoms with van der Waals surface area (Å²) in [5.74, 6) is 0.892. The van der Waals surface area contributed by atoms with Gasteiger partial charge in [0.1, 0.15) is 18.6 Å². The molecule has 1 aromatic rings. The van der Waals surface area contributed by atoms with Gasteiger partial charge in [0.2, 0.25) is 0 Å². The minimum atomic E-state index is -0.0140. The zero-order valence-corrected chi connectivity index (χ0v) is 15.3. The fourth-order valence-electron chi connectivity index (χ4n) is 5.25. The highest BCUT2D eigenvalue weighted by molar-refractivity contribution is 5.76. The molecule has 0 aromatic carbocycles. The van der Waals surface area contributed by atoms with Crippen molar-refractivity contribution in [3.63, 3.8) is 0 Å². The smallest absolute Gasteiger partial charge is 0.315 e. The molecule has 1 aromatic heterocycles. The lowest BCUT2D eigenvalue weighted by Gasteiger charge is -2.45. The first-order chi connectivity index (χ1) is 12.1. The third kappa shape index (κ3) is 3.12. The SMILES string of the molecule is C[C@@H]1CCC[C@]2(C)C[C@H]3OC(=O)[C@@H](C[NH2+]Cc4ccccn4)[C@H]3C=C12. The highest BCUT2D eigenvalue weighted by Crippen LogP contribution is 2.53. The Kier molecular flexibility index (Phi) is 4.40. The van der Waals surface area contributed by atoms with Crippen LogP contribution in [0.3, 0.4) is 0 Å². The van der Waals surface area contributed by atoms with Gasteiger partial charge in [0, 0.05) is 12.1 Å². The molecule has 134 valence electrons. The molecule has 1 aliphatic heterocycles. The van der Waals surface area contributed by atoms with Crippen molar-refractivity contribution in [1.82, 2.24) is 4.98 Å². The van der Waals surface area contributed by atoms with E-state index in [0.29, 0.717) is 5.92 Å². The largest absolute Gasteiger partial charge is 0.461 e. The van der Waals surface area contributed by atoms with E-state index in [9.17, 15) is 4.79 Å². The Balaban J connectivity index is 1.47. The first-order valence-electron chi connectivity index (χ1n) is 9.71. The van der Waals surface area contributed by atoms with Crippen molar-refractivity contribution < 1.29 is 14.8 Å².